The summed E-state index contributed by atoms with van der Waals surface area (Å²) in [5, 5.41) is 8.58. The van der Waals surface area contributed by atoms with Crippen molar-refractivity contribution in [3.05, 3.63) is 0 Å². The van der Waals surface area contributed by atoms with Crippen LogP contribution in [0.5, 0.6) is 0 Å². The third-order valence-electron chi connectivity index (χ3n) is 1.37. The van der Waals surface area contributed by atoms with Gasteiger partial charge in [0.2, 0.25) is 0 Å². The first-order valence-corrected chi connectivity index (χ1v) is 6.56. The third kappa shape index (κ3) is 4.48. The predicted molar refractivity (Wildman–Crippen MR) is 47.3 cm³/mol. The van der Waals surface area contributed by atoms with Crippen LogP contribution < -0.4 is 0 Å². The van der Waals surface area contributed by atoms with E-state index >= 15 is 0 Å². The first-order valence-electron chi connectivity index (χ1n) is 4.03. The van der Waals surface area contributed by atoms with Gasteiger partial charge in [-0.15, -0.1) is 0 Å². The zero-order valence-electron chi connectivity index (χ0n) is 7.79. The van der Waals surface area contributed by atoms with Gasteiger partial charge in [0.25, 0.3) is 0 Å². The zero-order chi connectivity index (χ0) is 9.61. The van der Waals surface area contributed by atoms with Crippen molar-refractivity contribution in [1.29, 1.82) is 0 Å². The summed E-state index contributed by atoms with van der Waals surface area (Å²) in [6.07, 6.45) is 0. The molecule has 0 saturated heterocycles. The third-order valence-corrected chi connectivity index (χ3v) is 4.11. The summed E-state index contributed by atoms with van der Waals surface area (Å²) in [6.45, 7) is 6.47. The molecule has 0 aromatic carbocycles. The Bertz CT molecular complexity index is 142. The molecule has 0 saturated carbocycles. The van der Waals surface area contributed by atoms with Crippen LogP contribution in [0.3, 0.4) is 0 Å². The van der Waals surface area contributed by atoms with Crippen molar-refractivity contribution in [3.63, 3.8) is 0 Å². The molecular formula is C7H16O4Si. The molecule has 0 heterocycles. The lowest BCUT2D eigenvalue weighted by molar-refractivity contribution is -0.135. The lowest BCUT2D eigenvalue weighted by atomic mass is 10.8. The smallest absolute Gasteiger partial charge is 0.346 e. The molecule has 0 spiro atoms. The van der Waals surface area contributed by atoms with Gasteiger partial charge in [0.15, 0.2) is 0 Å². The largest absolute Gasteiger partial charge is 0.481 e. The van der Waals surface area contributed by atoms with Crippen molar-refractivity contribution in [2.24, 2.45) is 0 Å². The van der Waals surface area contributed by atoms with Crippen LogP contribution in [0, 0.1) is 0 Å². The Hall–Kier alpha value is -0.393. The van der Waals surface area contributed by atoms with E-state index in [0.717, 1.165) is 0 Å². The highest BCUT2D eigenvalue weighted by atomic mass is 28.4. The Kier molecular flexibility index (Phi) is 5.11. The van der Waals surface area contributed by atoms with Crippen molar-refractivity contribution >= 4 is 14.5 Å². The molecule has 12 heavy (non-hydrogen) atoms. The van der Waals surface area contributed by atoms with Gasteiger partial charge in [-0.05, 0) is 20.4 Å². The van der Waals surface area contributed by atoms with E-state index in [0.29, 0.717) is 13.2 Å². The van der Waals surface area contributed by atoms with Crippen LogP contribution >= 0.6 is 0 Å². The summed E-state index contributed by atoms with van der Waals surface area (Å²) in [7, 11) is -2.41. The van der Waals surface area contributed by atoms with Gasteiger partial charge >= 0.3 is 14.5 Å². The van der Waals surface area contributed by atoms with E-state index in [1.54, 1.807) is 6.55 Å². The fourth-order valence-corrected chi connectivity index (χ4v) is 3.09. The van der Waals surface area contributed by atoms with Crippen molar-refractivity contribution < 1.29 is 18.8 Å². The molecule has 4 nitrogen and oxygen atoms in total. The Morgan fingerprint density at radius 2 is 1.75 bits per heavy atom. The second-order valence-corrected chi connectivity index (χ2v) is 5.77. The summed E-state index contributed by atoms with van der Waals surface area (Å²) in [5.74, 6) is -0.855. The second kappa shape index (κ2) is 5.29. The minimum Gasteiger partial charge on any atom is -0.481 e. The van der Waals surface area contributed by atoms with Gasteiger partial charge in [-0.25, -0.2) is 0 Å². The molecule has 0 fully saturated rings. The van der Waals surface area contributed by atoms with Gasteiger partial charge in [-0.2, -0.15) is 0 Å². The standard InChI is InChI=1S/C7H16O4Si/c1-4-10-12(3,11-5-2)6-7(8)9/h4-6H2,1-3H3,(H,8,9). The highest BCUT2D eigenvalue weighted by Gasteiger charge is 2.33. The van der Waals surface area contributed by atoms with Crippen LogP contribution in [0.2, 0.25) is 12.6 Å². The zero-order valence-corrected chi connectivity index (χ0v) is 8.79. The monoisotopic (exact) mass is 192 g/mol. The fraction of sp³-hybridized carbons (Fsp3) is 0.857. The van der Waals surface area contributed by atoms with E-state index in [9.17, 15) is 4.79 Å². The average molecular weight is 192 g/mol. The Balaban J connectivity index is 4.07. The summed E-state index contributed by atoms with van der Waals surface area (Å²) in [4.78, 5) is 10.4. The number of aliphatic carboxylic acids is 1. The highest BCUT2D eigenvalue weighted by molar-refractivity contribution is 6.69. The Morgan fingerprint density at radius 1 is 1.33 bits per heavy atom. The maximum atomic E-state index is 10.4. The Labute approximate surface area is 73.7 Å². The maximum Gasteiger partial charge on any atom is 0.346 e. The first-order chi connectivity index (χ1) is 5.54. The molecule has 0 aromatic rings. The number of carboxylic acids is 1. The van der Waals surface area contributed by atoms with Gasteiger partial charge in [-0.3, -0.25) is 4.79 Å². The summed E-state index contributed by atoms with van der Waals surface area (Å²) < 4.78 is 10.6. The summed E-state index contributed by atoms with van der Waals surface area (Å²) in [5.41, 5.74) is 0. The van der Waals surface area contributed by atoms with Crippen molar-refractivity contribution in [2.75, 3.05) is 13.2 Å². The molecule has 0 aliphatic rings. The molecule has 0 bridgehead atoms. The van der Waals surface area contributed by atoms with Crippen LogP contribution in [0.25, 0.3) is 0 Å². The van der Waals surface area contributed by atoms with Crippen molar-refractivity contribution in [3.8, 4) is 0 Å². The van der Waals surface area contributed by atoms with E-state index in [2.05, 4.69) is 0 Å². The van der Waals surface area contributed by atoms with Crippen molar-refractivity contribution in [2.45, 2.75) is 26.4 Å². The molecule has 0 unspecified atom stereocenters. The molecule has 0 aliphatic heterocycles. The van der Waals surface area contributed by atoms with Crippen LogP contribution in [0.4, 0.5) is 0 Å². The minimum absolute atomic E-state index is 0.00861. The molecule has 0 rings (SSSR count). The molecule has 0 amide bonds. The molecule has 72 valence electrons. The number of carboxylic acid groups (broad SMARTS) is 1. The Morgan fingerprint density at radius 3 is 2.00 bits per heavy atom. The predicted octanol–water partition coefficient (Wildman–Crippen LogP) is 1.22. The normalized spacial score (nSPS) is 11.6. The molecule has 0 aliphatic carbocycles. The van der Waals surface area contributed by atoms with Gasteiger partial charge in [0, 0.05) is 13.2 Å². The van der Waals surface area contributed by atoms with E-state index in [-0.39, 0.29) is 6.04 Å². The number of hydrogen-bond acceptors (Lipinski definition) is 3. The van der Waals surface area contributed by atoms with E-state index < -0.39 is 14.5 Å². The lowest BCUT2D eigenvalue weighted by Crippen LogP contribution is -2.40. The molecule has 1 N–H and O–H groups in total. The maximum absolute atomic E-state index is 10.4. The number of carbonyl (C=O) groups is 1. The van der Waals surface area contributed by atoms with Gasteiger partial charge in [0.05, 0.1) is 6.04 Å². The van der Waals surface area contributed by atoms with Crippen molar-refractivity contribution in [1.82, 2.24) is 0 Å². The minimum atomic E-state index is -2.41. The molecule has 0 aromatic heterocycles. The van der Waals surface area contributed by atoms with Gasteiger partial charge in [-0.1, -0.05) is 0 Å². The average Bonchev–Trinajstić information content (AvgIpc) is 1.85. The van der Waals surface area contributed by atoms with E-state index in [4.69, 9.17) is 14.0 Å². The number of rotatable bonds is 6. The van der Waals surface area contributed by atoms with E-state index in [1.165, 1.54) is 0 Å². The summed E-state index contributed by atoms with van der Waals surface area (Å²) >= 11 is 0. The van der Waals surface area contributed by atoms with Crippen LogP contribution in [0.15, 0.2) is 0 Å². The quantitative estimate of drug-likeness (QED) is 0.643. The fourth-order valence-electron chi connectivity index (χ4n) is 1.03. The van der Waals surface area contributed by atoms with Crippen LogP contribution in [-0.2, 0) is 13.6 Å². The van der Waals surface area contributed by atoms with Gasteiger partial charge in [0.1, 0.15) is 0 Å². The summed E-state index contributed by atoms with van der Waals surface area (Å²) in [6, 6.07) is 0.00861. The van der Waals surface area contributed by atoms with Gasteiger partial charge < -0.3 is 14.0 Å². The second-order valence-electron chi connectivity index (χ2n) is 2.57. The highest BCUT2D eigenvalue weighted by Crippen LogP contribution is 2.12. The topological polar surface area (TPSA) is 55.8 Å². The van der Waals surface area contributed by atoms with E-state index in [1.807, 2.05) is 13.8 Å². The number of hydrogen-bond donors (Lipinski definition) is 1. The van der Waals surface area contributed by atoms with Crippen LogP contribution in [-0.4, -0.2) is 32.9 Å². The molecular weight excluding hydrogens is 176 g/mol. The lowest BCUT2D eigenvalue weighted by Gasteiger charge is -2.23. The van der Waals surface area contributed by atoms with Crippen LogP contribution in [0.1, 0.15) is 13.8 Å². The molecule has 5 heteroatoms. The SMILES string of the molecule is CCO[Si](C)(CC(=O)O)OCC. The molecule has 0 atom stereocenters. The first kappa shape index (κ1) is 11.6. The molecule has 0 radical (unpaired) electrons.